The van der Waals surface area contributed by atoms with Crippen LogP contribution in [0.15, 0.2) is 84.9 Å². The zero-order valence-electron chi connectivity index (χ0n) is 17.7. The van der Waals surface area contributed by atoms with Crippen LogP contribution in [0.5, 0.6) is 0 Å². The molecule has 6 rings (SSSR count). The lowest BCUT2D eigenvalue weighted by Crippen LogP contribution is -2.28. The van der Waals surface area contributed by atoms with Gasteiger partial charge in [0.25, 0.3) is 11.6 Å². The maximum absolute atomic E-state index is 7.56. The Morgan fingerprint density at radius 3 is 1.21 bits per heavy atom. The van der Waals surface area contributed by atoms with Crippen molar-refractivity contribution in [1.29, 1.82) is 0 Å². The van der Waals surface area contributed by atoms with Crippen molar-refractivity contribution < 1.29 is 0 Å². The first kappa shape index (κ1) is 19.4. The average molecular weight is 438 g/mol. The van der Waals surface area contributed by atoms with Gasteiger partial charge in [0, 0.05) is 0 Å². The van der Waals surface area contributed by atoms with E-state index >= 15 is 0 Å². The molecule has 0 fully saturated rings. The Morgan fingerprint density at radius 2 is 0.824 bits per heavy atom. The molecule has 0 spiro atoms. The van der Waals surface area contributed by atoms with Gasteiger partial charge < -0.3 is 9.69 Å². The molecule has 2 aromatic heterocycles. The van der Waals surface area contributed by atoms with Gasteiger partial charge >= 0.3 is 11.6 Å². The number of fused-ring (bicyclic) bond motifs is 3. The first-order chi connectivity index (χ1) is 16.8. The quantitative estimate of drug-likeness (QED) is 0.278. The van der Waals surface area contributed by atoms with Gasteiger partial charge in [0.2, 0.25) is 0 Å². The van der Waals surface area contributed by atoms with Crippen molar-refractivity contribution in [2.75, 3.05) is 9.80 Å². The highest BCUT2D eigenvalue weighted by Crippen LogP contribution is 2.52. The summed E-state index contributed by atoms with van der Waals surface area (Å²) in [6, 6.07) is 26.9. The molecule has 0 radical (unpaired) electrons. The number of rotatable bonds is 2. The second kappa shape index (κ2) is 7.66. The van der Waals surface area contributed by atoms with E-state index < -0.39 is 0 Å². The predicted octanol–water partition coefficient (Wildman–Crippen LogP) is 6.77. The van der Waals surface area contributed by atoms with Crippen molar-refractivity contribution in [1.82, 2.24) is 19.9 Å². The second-order valence-corrected chi connectivity index (χ2v) is 7.44. The minimum absolute atomic E-state index is 0.0557. The fraction of sp³-hybridized carbons (Fsp3) is 0. The molecule has 1 aliphatic rings. The number of anilines is 6. The molecule has 8 heteroatoms. The third-order valence-corrected chi connectivity index (χ3v) is 5.45. The third-order valence-electron chi connectivity index (χ3n) is 5.45. The van der Waals surface area contributed by atoms with E-state index in [0.29, 0.717) is 23.3 Å². The Bertz CT molecular complexity index is 1510. The summed E-state index contributed by atoms with van der Waals surface area (Å²) in [7, 11) is 0. The number of aromatic nitrogens is 4. The average Bonchev–Trinajstić information content (AvgIpc) is 2.90. The van der Waals surface area contributed by atoms with Crippen molar-refractivity contribution in [2.45, 2.75) is 0 Å². The Hall–Kier alpha value is -5.34. The van der Waals surface area contributed by atoms with E-state index in [0.717, 1.165) is 22.4 Å². The number of nitrogens with zero attached hydrogens (tertiary/aromatic N) is 8. The first-order valence-corrected chi connectivity index (χ1v) is 10.4. The smallest absolute Gasteiger partial charge is 0.300 e. The van der Waals surface area contributed by atoms with E-state index in [1.165, 1.54) is 0 Å². The largest absolute Gasteiger partial charge is 0.370 e. The number of hydrogen-bond donors (Lipinski definition) is 0. The van der Waals surface area contributed by atoms with Gasteiger partial charge in [-0.3, -0.25) is 9.80 Å². The standard InChI is InChI=1S/C26H14N8/c1-27-21-22(28-2)32-26-25(31-21)33(17-11-5-3-6-12-17)23-24(34(26)18-13-7-4-8-14-18)30-20-16-10-9-15-19(20)29-23/h3-16H. The van der Waals surface area contributed by atoms with Crippen LogP contribution in [0.4, 0.5) is 46.3 Å². The molecule has 8 nitrogen and oxygen atoms in total. The molecule has 1 aliphatic heterocycles. The van der Waals surface area contributed by atoms with E-state index in [2.05, 4.69) is 19.7 Å². The summed E-state index contributed by atoms with van der Waals surface area (Å²) in [5.41, 5.74) is 3.05. The van der Waals surface area contributed by atoms with Crippen LogP contribution in [0.3, 0.4) is 0 Å². The Labute approximate surface area is 195 Å². The van der Waals surface area contributed by atoms with E-state index in [1.54, 1.807) is 0 Å². The highest BCUT2D eigenvalue weighted by molar-refractivity contribution is 5.99. The zero-order valence-corrected chi connectivity index (χ0v) is 17.7. The monoisotopic (exact) mass is 438 g/mol. The molecule has 0 unspecified atom stereocenters. The van der Waals surface area contributed by atoms with Gasteiger partial charge in [-0.1, -0.05) is 61.7 Å². The molecule has 0 atom stereocenters. The normalized spacial score (nSPS) is 11.9. The van der Waals surface area contributed by atoms with Crippen LogP contribution in [0.25, 0.3) is 20.7 Å². The highest BCUT2D eigenvalue weighted by Gasteiger charge is 2.41. The van der Waals surface area contributed by atoms with Gasteiger partial charge in [-0.25, -0.2) is 9.97 Å². The molecule has 158 valence electrons. The van der Waals surface area contributed by atoms with E-state index in [9.17, 15) is 0 Å². The predicted molar refractivity (Wildman–Crippen MR) is 131 cm³/mol. The highest BCUT2D eigenvalue weighted by atomic mass is 15.4. The van der Waals surface area contributed by atoms with Crippen molar-refractivity contribution in [2.24, 2.45) is 0 Å². The van der Waals surface area contributed by atoms with Crippen LogP contribution in [-0.4, -0.2) is 19.9 Å². The van der Waals surface area contributed by atoms with Gasteiger partial charge in [-0.15, -0.1) is 9.97 Å². The molecule has 0 bridgehead atoms. The van der Waals surface area contributed by atoms with Crippen LogP contribution >= 0.6 is 0 Å². The molecule has 0 saturated heterocycles. The van der Waals surface area contributed by atoms with Crippen molar-refractivity contribution >= 4 is 57.3 Å². The van der Waals surface area contributed by atoms with Gasteiger partial charge in [0.05, 0.1) is 22.4 Å². The van der Waals surface area contributed by atoms with Gasteiger partial charge in [0.15, 0.2) is 11.6 Å². The molecule has 34 heavy (non-hydrogen) atoms. The summed E-state index contributed by atoms with van der Waals surface area (Å²) in [5, 5.41) is 0. The Balaban J connectivity index is 1.75. The summed E-state index contributed by atoms with van der Waals surface area (Å²) in [5.74, 6) is 1.82. The molecule has 5 aromatic rings. The molecular weight excluding hydrogens is 424 g/mol. The topological polar surface area (TPSA) is 66.8 Å². The lowest BCUT2D eigenvalue weighted by atomic mass is 10.2. The summed E-state index contributed by atoms with van der Waals surface area (Å²) in [6.45, 7) is 15.1. The SMILES string of the molecule is [C-]#[N+]c1nc2c(nc1[N+]#[C-])N(c1ccccc1)c1nc3ccccc3nc1N2c1ccccc1. The van der Waals surface area contributed by atoms with Gasteiger partial charge in [0.1, 0.15) is 0 Å². The van der Waals surface area contributed by atoms with Crippen LogP contribution in [-0.2, 0) is 0 Å². The summed E-state index contributed by atoms with van der Waals surface area (Å²) >= 11 is 0. The maximum atomic E-state index is 7.56. The van der Waals surface area contributed by atoms with Crippen LogP contribution in [0.2, 0.25) is 0 Å². The van der Waals surface area contributed by atoms with Gasteiger partial charge in [-0.2, -0.15) is 0 Å². The van der Waals surface area contributed by atoms with E-state index in [4.69, 9.17) is 23.1 Å². The molecule has 0 amide bonds. The minimum atomic E-state index is -0.0557. The van der Waals surface area contributed by atoms with Gasteiger partial charge in [-0.05, 0) is 36.4 Å². The summed E-state index contributed by atoms with van der Waals surface area (Å²) in [6.07, 6.45) is 0. The molecule has 3 heterocycles. The first-order valence-electron chi connectivity index (χ1n) is 10.4. The third kappa shape index (κ3) is 2.91. The molecular formula is C26H14N8. The molecule has 0 aliphatic carbocycles. The zero-order chi connectivity index (χ0) is 23.1. The number of para-hydroxylation sites is 4. The summed E-state index contributed by atoms with van der Waals surface area (Å²) < 4.78 is 0. The maximum Gasteiger partial charge on any atom is 0.300 e. The fourth-order valence-corrected chi connectivity index (χ4v) is 3.98. The van der Waals surface area contributed by atoms with Crippen molar-refractivity contribution in [3.63, 3.8) is 0 Å². The van der Waals surface area contributed by atoms with Crippen LogP contribution in [0.1, 0.15) is 0 Å². The lowest BCUT2D eigenvalue weighted by Gasteiger charge is -2.33. The van der Waals surface area contributed by atoms with Crippen LogP contribution < -0.4 is 9.80 Å². The molecule has 3 aromatic carbocycles. The lowest BCUT2D eigenvalue weighted by molar-refractivity contribution is 1.02. The number of hydrogen-bond acceptors (Lipinski definition) is 6. The van der Waals surface area contributed by atoms with Crippen molar-refractivity contribution in [3.8, 4) is 0 Å². The van der Waals surface area contributed by atoms with Crippen molar-refractivity contribution in [3.05, 3.63) is 108 Å². The number of benzene rings is 3. The molecule has 0 N–H and O–H groups in total. The van der Waals surface area contributed by atoms with Crippen LogP contribution in [0, 0.1) is 13.1 Å². The Kier molecular flexibility index (Phi) is 4.36. The fourth-order valence-electron chi connectivity index (χ4n) is 3.98. The second-order valence-electron chi connectivity index (χ2n) is 7.44. The minimum Gasteiger partial charge on any atom is -0.370 e. The summed E-state index contributed by atoms with van der Waals surface area (Å²) in [4.78, 5) is 29.7. The Morgan fingerprint density at radius 1 is 0.471 bits per heavy atom. The van der Waals surface area contributed by atoms with E-state index in [1.807, 2.05) is 94.7 Å². The molecule has 0 saturated carbocycles. The van der Waals surface area contributed by atoms with E-state index in [-0.39, 0.29) is 11.6 Å².